The van der Waals surface area contributed by atoms with Crippen LogP contribution in [0.3, 0.4) is 0 Å². The van der Waals surface area contributed by atoms with E-state index in [0.717, 1.165) is 11.4 Å². The lowest BCUT2D eigenvalue weighted by atomic mass is 10.2. The van der Waals surface area contributed by atoms with E-state index in [4.69, 9.17) is 10.3 Å². The van der Waals surface area contributed by atoms with Crippen molar-refractivity contribution in [3.05, 3.63) is 24.2 Å². The van der Waals surface area contributed by atoms with Gasteiger partial charge in [-0.1, -0.05) is 5.16 Å². The number of nitrogens with one attached hydrogen (secondary N) is 1. The largest absolute Gasteiger partial charge is 0.373 e. The van der Waals surface area contributed by atoms with Crippen molar-refractivity contribution in [2.75, 3.05) is 12.4 Å². The first kappa shape index (κ1) is 10.6. The highest BCUT2D eigenvalue weighted by atomic mass is 16.5. The summed E-state index contributed by atoms with van der Waals surface area (Å²) in [4.78, 5) is 8.30. The lowest BCUT2D eigenvalue weighted by Crippen LogP contribution is -2.04. The minimum absolute atomic E-state index is 0.258. The first-order valence-corrected chi connectivity index (χ1v) is 4.94. The fraction of sp³-hybridized carbons (Fsp3) is 0.300. The number of nitrogens with two attached hydrogens (primary N) is 1. The Labute approximate surface area is 92.9 Å². The molecule has 2 rings (SSSR count). The highest BCUT2D eigenvalue weighted by Gasteiger charge is 2.11. The average Bonchev–Trinajstić information content (AvgIpc) is 2.78. The number of anilines is 1. The van der Waals surface area contributed by atoms with Gasteiger partial charge in [0.2, 0.25) is 11.7 Å². The third kappa shape index (κ3) is 2.01. The summed E-state index contributed by atoms with van der Waals surface area (Å²) >= 11 is 0. The Morgan fingerprint density at radius 2 is 2.31 bits per heavy atom. The van der Waals surface area contributed by atoms with E-state index in [0.29, 0.717) is 11.7 Å². The normalized spacial score (nSPS) is 12.4. The molecule has 0 aliphatic heterocycles. The maximum Gasteiger partial charge on any atom is 0.243 e. The Morgan fingerprint density at radius 3 is 2.94 bits per heavy atom. The van der Waals surface area contributed by atoms with Crippen molar-refractivity contribution >= 4 is 5.82 Å². The molecule has 0 aliphatic rings. The van der Waals surface area contributed by atoms with E-state index >= 15 is 0 Å². The van der Waals surface area contributed by atoms with Crippen molar-refractivity contribution in [1.29, 1.82) is 0 Å². The molecule has 6 nitrogen and oxygen atoms in total. The fourth-order valence-electron chi connectivity index (χ4n) is 1.24. The van der Waals surface area contributed by atoms with Crippen LogP contribution < -0.4 is 11.1 Å². The Balaban J connectivity index is 2.34. The second-order valence-electron chi connectivity index (χ2n) is 3.42. The van der Waals surface area contributed by atoms with Crippen LogP contribution in [0, 0.1) is 0 Å². The first-order chi connectivity index (χ1) is 7.70. The second kappa shape index (κ2) is 4.28. The topological polar surface area (TPSA) is 89.9 Å². The molecule has 0 radical (unpaired) electrons. The smallest absolute Gasteiger partial charge is 0.243 e. The lowest BCUT2D eigenvalue weighted by molar-refractivity contribution is 0.362. The van der Waals surface area contributed by atoms with E-state index in [1.165, 1.54) is 0 Å². The number of hydrogen-bond donors (Lipinski definition) is 2. The molecule has 16 heavy (non-hydrogen) atoms. The minimum Gasteiger partial charge on any atom is -0.373 e. The summed E-state index contributed by atoms with van der Waals surface area (Å²) in [5.41, 5.74) is 6.48. The van der Waals surface area contributed by atoms with Gasteiger partial charge >= 0.3 is 0 Å². The van der Waals surface area contributed by atoms with E-state index in [1.807, 2.05) is 12.1 Å². The van der Waals surface area contributed by atoms with Gasteiger partial charge in [0.15, 0.2) is 0 Å². The molecule has 0 aromatic carbocycles. The SMILES string of the molecule is CNc1cc(-c2noc(C(C)N)n2)ccn1. The summed E-state index contributed by atoms with van der Waals surface area (Å²) in [6, 6.07) is 3.40. The number of rotatable bonds is 3. The highest BCUT2D eigenvalue weighted by molar-refractivity contribution is 5.58. The van der Waals surface area contributed by atoms with E-state index in [1.54, 1.807) is 20.2 Å². The fourth-order valence-corrected chi connectivity index (χ4v) is 1.24. The van der Waals surface area contributed by atoms with E-state index in [-0.39, 0.29) is 6.04 Å². The molecule has 0 amide bonds. The molecule has 0 aliphatic carbocycles. The summed E-state index contributed by atoms with van der Waals surface area (Å²) in [6.45, 7) is 1.79. The maximum absolute atomic E-state index is 5.64. The van der Waals surface area contributed by atoms with Crippen LogP contribution in [0.2, 0.25) is 0 Å². The summed E-state index contributed by atoms with van der Waals surface area (Å²) in [6.07, 6.45) is 1.68. The predicted molar refractivity (Wildman–Crippen MR) is 59.7 cm³/mol. The zero-order valence-electron chi connectivity index (χ0n) is 9.14. The first-order valence-electron chi connectivity index (χ1n) is 4.94. The number of aromatic nitrogens is 3. The minimum atomic E-state index is -0.258. The number of hydrogen-bond acceptors (Lipinski definition) is 6. The second-order valence-corrected chi connectivity index (χ2v) is 3.42. The molecule has 6 heteroatoms. The Morgan fingerprint density at radius 1 is 1.50 bits per heavy atom. The highest BCUT2D eigenvalue weighted by Crippen LogP contribution is 2.19. The van der Waals surface area contributed by atoms with Crippen molar-refractivity contribution in [2.24, 2.45) is 5.73 Å². The number of pyridine rings is 1. The molecule has 0 fully saturated rings. The van der Waals surface area contributed by atoms with E-state index in [2.05, 4.69) is 20.4 Å². The van der Waals surface area contributed by atoms with Gasteiger partial charge < -0.3 is 15.6 Å². The van der Waals surface area contributed by atoms with Crippen LogP contribution in [0.1, 0.15) is 18.9 Å². The van der Waals surface area contributed by atoms with E-state index in [9.17, 15) is 0 Å². The summed E-state index contributed by atoms with van der Waals surface area (Å²) < 4.78 is 5.03. The van der Waals surface area contributed by atoms with Gasteiger partial charge in [-0.25, -0.2) is 4.98 Å². The quantitative estimate of drug-likeness (QED) is 0.806. The van der Waals surface area contributed by atoms with Gasteiger partial charge in [-0.3, -0.25) is 0 Å². The van der Waals surface area contributed by atoms with Gasteiger partial charge in [-0.2, -0.15) is 4.98 Å². The Hall–Kier alpha value is -1.95. The standard InChI is InChI=1S/C10H13N5O/c1-6(11)10-14-9(15-16-10)7-3-4-13-8(5-7)12-2/h3-6H,11H2,1-2H3,(H,12,13). The Bertz CT molecular complexity index is 480. The summed E-state index contributed by atoms with van der Waals surface area (Å²) in [7, 11) is 1.80. The average molecular weight is 219 g/mol. The summed E-state index contributed by atoms with van der Waals surface area (Å²) in [5, 5.41) is 6.81. The molecule has 0 saturated heterocycles. The molecule has 2 aromatic rings. The molecule has 1 atom stereocenters. The Kier molecular flexibility index (Phi) is 2.82. The van der Waals surface area contributed by atoms with Gasteiger partial charge in [0, 0.05) is 18.8 Å². The maximum atomic E-state index is 5.64. The van der Waals surface area contributed by atoms with Crippen molar-refractivity contribution in [1.82, 2.24) is 15.1 Å². The number of nitrogens with zero attached hydrogens (tertiary/aromatic N) is 3. The lowest BCUT2D eigenvalue weighted by Gasteiger charge is -1.99. The molecular formula is C10H13N5O. The van der Waals surface area contributed by atoms with Gasteiger partial charge in [0.05, 0.1) is 6.04 Å². The molecule has 2 aromatic heterocycles. The van der Waals surface area contributed by atoms with Gasteiger partial charge in [-0.05, 0) is 19.1 Å². The van der Waals surface area contributed by atoms with Crippen LogP contribution in [0.5, 0.6) is 0 Å². The van der Waals surface area contributed by atoms with Crippen LogP contribution >= 0.6 is 0 Å². The monoisotopic (exact) mass is 219 g/mol. The molecule has 1 unspecified atom stereocenters. The van der Waals surface area contributed by atoms with Crippen LogP contribution in [0.4, 0.5) is 5.82 Å². The molecule has 2 heterocycles. The third-order valence-corrected chi connectivity index (χ3v) is 2.11. The molecule has 0 spiro atoms. The summed E-state index contributed by atoms with van der Waals surface area (Å²) in [5.74, 6) is 1.70. The van der Waals surface area contributed by atoms with Crippen LogP contribution in [-0.4, -0.2) is 22.2 Å². The molecule has 0 bridgehead atoms. The molecule has 0 saturated carbocycles. The van der Waals surface area contributed by atoms with Crippen molar-refractivity contribution in [2.45, 2.75) is 13.0 Å². The van der Waals surface area contributed by atoms with Crippen molar-refractivity contribution < 1.29 is 4.52 Å². The van der Waals surface area contributed by atoms with E-state index < -0.39 is 0 Å². The predicted octanol–water partition coefficient (Wildman–Crippen LogP) is 1.19. The molecular weight excluding hydrogens is 206 g/mol. The van der Waals surface area contributed by atoms with Crippen molar-refractivity contribution in [3.8, 4) is 11.4 Å². The zero-order chi connectivity index (χ0) is 11.5. The van der Waals surface area contributed by atoms with Crippen LogP contribution in [-0.2, 0) is 0 Å². The van der Waals surface area contributed by atoms with Gasteiger partial charge in [0.25, 0.3) is 0 Å². The third-order valence-electron chi connectivity index (χ3n) is 2.11. The molecule has 84 valence electrons. The van der Waals surface area contributed by atoms with Crippen LogP contribution in [0.15, 0.2) is 22.9 Å². The van der Waals surface area contributed by atoms with Gasteiger partial charge in [-0.15, -0.1) is 0 Å². The van der Waals surface area contributed by atoms with Crippen LogP contribution in [0.25, 0.3) is 11.4 Å². The van der Waals surface area contributed by atoms with Crippen molar-refractivity contribution in [3.63, 3.8) is 0 Å². The molecule has 3 N–H and O–H groups in total. The zero-order valence-corrected chi connectivity index (χ0v) is 9.14. The van der Waals surface area contributed by atoms with Gasteiger partial charge in [0.1, 0.15) is 5.82 Å².